The molecule has 0 radical (unpaired) electrons. The summed E-state index contributed by atoms with van der Waals surface area (Å²) in [6.45, 7) is 6.48. The fourth-order valence-corrected chi connectivity index (χ4v) is 3.33. The number of carbonyl (C=O) groups excluding carboxylic acids is 1. The van der Waals surface area contributed by atoms with Crippen LogP contribution in [0.25, 0.3) is 0 Å². The molecule has 144 valence electrons. The maximum absolute atomic E-state index is 13.0. The quantitative estimate of drug-likeness (QED) is 0.843. The smallest absolute Gasteiger partial charge is 0.271 e. The summed E-state index contributed by atoms with van der Waals surface area (Å²) in [6.07, 6.45) is 3.20. The number of aromatic nitrogens is 2. The molecule has 1 saturated heterocycles. The number of rotatable bonds is 5. The number of piperidine rings is 1. The number of nitrogens with zero attached hydrogens (tertiary/aromatic N) is 3. The number of amides is 1. The highest BCUT2D eigenvalue weighted by molar-refractivity contribution is 6.33. The van der Waals surface area contributed by atoms with Crippen LogP contribution in [0.4, 0.5) is 4.39 Å². The number of halogens is 2. The number of likely N-dealkylation sites (tertiary alicyclic amines) is 1. The van der Waals surface area contributed by atoms with Crippen molar-refractivity contribution >= 4 is 17.5 Å². The predicted octanol–water partition coefficient (Wildman–Crippen LogP) is 3.79. The second kappa shape index (κ2) is 8.76. The highest BCUT2D eigenvalue weighted by atomic mass is 35.5. The number of hydrogen-bond acceptors (Lipinski definition) is 4. The molecule has 1 aliphatic rings. The average molecular weight is 391 g/mol. The minimum absolute atomic E-state index is 0.0931. The van der Waals surface area contributed by atoms with Gasteiger partial charge in [-0.15, -0.1) is 0 Å². The van der Waals surface area contributed by atoms with E-state index in [1.807, 2.05) is 26.0 Å². The van der Waals surface area contributed by atoms with E-state index in [1.165, 1.54) is 18.3 Å². The molecule has 2 aromatic rings. The number of benzene rings is 1. The summed E-state index contributed by atoms with van der Waals surface area (Å²) >= 11 is 6.12. The summed E-state index contributed by atoms with van der Waals surface area (Å²) in [5.41, 5.74) is 1.33. The molecule has 0 bridgehead atoms. The van der Waals surface area contributed by atoms with Crippen molar-refractivity contribution in [2.45, 2.75) is 45.2 Å². The van der Waals surface area contributed by atoms with E-state index in [9.17, 15) is 9.18 Å². The lowest BCUT2D eigenvalue weighted by atomic mass is 10.0. The monoisotopic (exact) mass is 390 g/mol. The highest BCUT2D eigenvalue weighted by Crippen LogP contribution is 2.18. The minimum atomic E-state index is -0.249. The molecule has 1 fully saturated rings. The largest absolute Gasteiger partial charge is 0.348 e. The van der Waals surface area contributed by atoms with Crippen LogP contribution in [0.2, 0.25) is 5.02 Å². The third-order valence-corrected chi connectivity index (χ3v) is 5.01. The van der Waals surface area contributed by atoms with Gasteiger partial charge in [-0.3, -0.25) is 9.69 Å². The van der Waals surface area contributed by atoms with Gasteiger partial charge in [-0.2, -0.15) is 0 Å². The Balaban J connectivity index is 1.53. The van der Waals surface area contributed by atoms with Crippen LogP contribution in [0.15, 0.2) is 30.5 Å². The van der Waals surface area contributed by atoms with Crippen molar-refractivity contribution in [1.29, 1.82) is 0 Å². The average Bonchev–Trinajstić information content (AvgIpc) is 2.65. The minimum Gasteiger partial charge on any atom is -0.348 e. The zero-order chi connectivity index (χ0) is 19.4. The summed E-state index contributed by atoms with van der Waals surface area (Å²) in [7, 11) is 0. The Kier molecular flexibility index (Phi) is 6.39. The van der Waals surface area contributed by atoms with Gasteiger partial charge in [-0.1, -0.05) is 37.6 Å². The van der Waals surface area contributed by atoms with Crippen molar-refractivity contribution in [3.63, 3.8) is 0 Å². The Morgan fingerprint density at radius 2 is 1.96 bits per heavy atom. The van der Waals surface area contributed by atoms with Gasteiger partial charge in [0.1, 0.15) is 17.3 Å². The van der Waals surface area contributed by atoms with Gasteiger partial charge in [-0.05, 0) is 30.5 Å². The van der Waals surface area contributed by atoms with E-state index in [4.69, 9.17) is 11.6 Å². The molecule has 1 aliphatic heterocycles. The van der Waals surface area contributed by atoms with Gasteiger partial charge < -0.3 is 5.32 Å². The molecule has 0 unspecified atom stereocenters. The second-order valence-corrected chi connectivity index (χ2v) is 7.64. The van der Waals surface area contributed by atoms with Crippen molar-refractivity contribution < 1.29 is 9.18 Å². The second-order valence-electron chi connectivity index (χ2n) is 7.23. The zero-order valence-electron chi connectivity index (χ0n) is 15.6. The van der Waals surface area contributed by atoms with Gasteiger partial charge in [0.25, 0.3) is 5.91 Å². The van der Waals surface area contributed by atoms with E-state index in [1.54, 1.807) is 0 Å². The molecule has 3 rings (SSSR count). The zero-order valence-corrected chi connectivity index (χ0v) is 16.3. The first kappa shape index (κ1) is 19.7. The van der Waals surface area contributed by atoms with Crippen LogP contribution in [0.5, 0.6) is 0 Å². The van der Waals surface area contributed by atoms with Gasteiger partial charge in [0.05, 0.1) is 11.2 Å². The number of nitrogens with one attached hydrogen (secondary N) is 1. The first-order valence-corrected chi connectivity index (χ1v) is 9.60. The SMILES string of the molecule is CC(C)c1ncc(Cl)c(C(=O)NC2CCN(Cc3ccc(F)cc3)CC2)n1. The van der Waals surface area contributed by atoms with Crippen LogP contribution in [0, 0.1) is 5.82 Å². The van der Waals surface area contributed by atoms with Gasteiger partial charge in [0.15, 0.2) is 0 Å². The predicted molar refractivity (Wildman–Crippen MR) is 103 cm³/mol. The van der Waals surface area contributed by atoms with E-state index in [0.717, 1.165) is 38.0 Å². The maximum atomic E-state index is 13.0. The third-order valence-electron chi connectivity index (χ3n) is 4.74. The number of carbonyl (C=O) groups is 1. The summed E-state index contributed by atoms with van der Waals surface area (Å²) in [6, 6.07) is 6.69. The fourth-order valence-electron chi connectivity index (χ4n) is 3.16. The highest BCUT2D eigenvalue weighted by Gasteiger charge is 2.23. The van der Waals surface area contributed by atoms with Crippen LogP contribution >= 0.6 is 11.6 Å². The molecule has 0 aliphatic carbocycles. The van der Waals surface area contributed by atoms with Crippen molar-refractivity contribution in [3.05, 3.63) is 58.4 Å². The molecular weight excluding hydrogens is 367 g/mol. The van der Waals surface area contributed by atoms with Crippen LogP contribution in [0.1, 0.15) is 54.5 Å². The third kappa shape index (κ3) is 5.23. The molecular formula is C20H24ClFN4O. The molecule has 0 spiro atoms. The molecule has 1 amide bonds. The van der Waals surface area contributed by atoms with Crippen LogP contribution in [-0.4, -0.2) is 39.9 Å². The topological polar surface area (TPSA) is 58.1 Å². The van der Waals surface area contributed by atoms with E-state index in [-0.39, 0.29) is 34.4 Å². The van der Waals surface area contributed by atoms with Crippen molar-refractivity contribution in [2.75, 3.05) is 13.1 Å². The Hall–Kier alpha value is -2.05. The normalized spacial score (nSPS) is 15.9. The van der Waals surface area contributed by atoms with Gasteiger partial charge >= 0.3 is 0 Å². The molecule has 2 heterocycles. The molecule has 0 saturated carbocycles. The Morgan fingerprint density at radius 1 is 1.30 bits per heavy atom. The molecule has 27 heavy (non-hydrogen) atoms. The molecule has 5 nitrogen and oxygen atoms in total. The van der Waals surface area contributed by atoms with E-state index < -0.39 is 0 Å². The maximum Gasteiger partial charge on any atom is 0.271 e. The Morgan fingerprint density at radius 3 is 2.59 bits per heavy atom. The lowest BCUT2D eigenvalue weighted by molar-refractivity contribution is 0.0903. The van der Waals surface area contributed by atoms with Crippen molar-refractivity contribution in [2.24, 2.45) is 0 Å². The molecule has 1 aromatic heterocycles. The summed E-state index contributed by atoms with van der Waals surface area (Å²) in [5.74, 6) is 0.271. The fraction of sp³-hybridized carbons (Fsp3) is 0.450. The summed E-state index contributed by atoms with van der Waals surface area (Å²) in [5, 5.41) is 3.31. The van der Waals surface area contributed by atoms with E-state index in [0.29, 0.717) is 5.82 Å². The first-order chi connectivity index (χ1) is 12.9. The molecule has 1 N–H and O–H groups in total. The van der Waals surface area contributed by atoms with Crippen molar-refractivity contribution in [1.82, 2.24) is 20.2 Å². The molecule has 7 heteroatoms. The molecule has 0 atom stereocenters. The van der Waals surface area contributed by atoms with Crippen LogP contribution in [0.3, 0.4) is 0 Å². The Labute approximate surface area is 164 Å². The lowest BCUT2D eigenvalue weighted by Gasteiger charge is -2.32. The Bertz CT molecular complexity index is 789. The van der Waals surface area contributed by atoms with Crippen LogP contribution in [-0.2, 0) is 6.54 Å². The first-order valence-electron chi connectivity index (χ1n) is 9.22. The summed E-state index contributed by atoms with van der Waals surface area (Å²) < 4.78 is 13.0. The van der Waals surface area contributed by atoms with Gasteiger partial charge in [0.2, 0.25) is 0 Å². The van der Waals surface area contributed by atoms with Gasteiger partial charge in [-0.25, -0.2) is 14.4 Å². The molecule has 1 aromatic carbocycles. The lowest BCUT2D eigenvalue weighted by Crippen LogP contribution is -2.44. The number of hydrogen-bond donors (Lipinski definition) is 1. The van der Waals surface area contributed by atoms with Crippen molar-refractivity contribution in [3.8, 4) is 0 Å². The summed E-state index contributed by atoms with van der Waals surface area (Å²) in [4.78, 5) is 23.4. The van der Waals surface area contributed by atoms with Gasteiger partial charge in [0, 0.05) is 31.6 Å². The van der Waals surface area contributed by atoms with Crippen LogP contribution < -0.4 is 5.32 Å². The van der Waals surface area contributed by atoms with E-state index >= 15 is 0 Å². The van der Waals surface area contributed by atoms with E-state index in [2.05, 4.69) is 20.2 Å². The standard InChI is InChI=1S/C20H24ClFN4O/c1-13(2)19-23-11-17(21)18(25-19)20(27)24-16-7-9-26(10-8-16)12-14-3-5-15(22)6-4-14/h3-6,11,13,16H,7-10,12H2,1-2H3,(H,24,27).